The maximum absolute atomic E-state index is 11.4. The lowest BCUT2D eigenvalue weighted by Gasteiger charge is -2.26. The van der Waals surface area contributed by atoms with Crippen LogP contribution in [0.5, 0.6) is 0 Å². The highest BCUT2D eigenvalue weighted by molar-refractivity contribution is 6.24. The summed E-state index contributed by atoms with van der Waals surface area (Å²) in [5, 5.41) is 23.0. The molecule has 0 radical (unpaired) electrons. The zero-order valence-electron chi connectivity index (χ0n) is 13.8. The van der Waals surface area contributed by atoms with E-state index in [-0.39, 0.29) is 12.5 Å². The van der Waals surface area contributed by atoms with Crippen molar-refractivity contribution in [3.05, 3.63) is 24.7 Å². The monoisotopic (exact) mass is 366 g/mol. The summed E-state index contributed by atoms with van der Waals surface area (Å²) in [5.41, 5.74) is 1.15. The van der Waals surface area contributed by atoms with Crippen molar-refractivity contribution in [3.8, 4) is 0 Å². The number of rotatable bonds is 4. The van der Waals surface area contributed by atoms with Crippen molar-refractivity contribution < 1.29 is 19.7 Å². The van der Waals surface area contributed by atoms with Gasteiger partial charge in [0.1, 0.15) is 34.9 Å². The summed E-state index contributed by atoms with van der Waals surface area (Å²) in [7, 11) is 0. The van der Waals surface area contributed by atoms with Gasteiger partial charge in [-0.2, -0.15) is 0 Å². The summed E-state index contributed by atoms with van der Waals surface area (Å²) in [4.78, 5) is 18.6. The summed E-state index contributed by atoms with van der Waals surface area (Å²) >= 11 is 6.52. The van der Waals surface area contributed by atoms with Gasteiger partial charge in [0.15, 0.2) is 6.23 Å². The Morgan fingerprint density at radius 3 is 2.88 bits per heavy atom. The van der Waals surface area contributed by atoms with Crippen LogP contribution in [0.25, 0.3) is 17.1 Å². The molecular weight excluding hydrogens is 348 g/mol. The van der Waals surface area contributed by atoms with E-state index >= 15 is 0 Å². The minimum atomic E-state index is -1.18. The van der Waals surface area contributed by atoms with E-state index in [1.54, 1.807) is 23.8 Å². The Hall–Kier alpha value is -2.00. The molecule has 25 heavy (non-hydrogen) atoms. The topological polar surface area (TPSA) is 110 Å². The lowest BCUT2D eigenvalue weighted by molar-refractivity contribution is -0.114. The van der Waals surface area contributed by atoms with E-state index in [2.05, 4.69) is 21.9 Å². The van der Waals surface area contributed by atoms with E-state index in [9.17, 15) is 15.0 Å². The lowest BCUT2D eigenvalue weighted by atomic mass is 10.0. The molecule has 3 rings (SSSR count). The number of fused-ring (bicyclic) bond motifs is 1. The molecule has 8 nitrogen and oxygen atoms in total. The predicted octanol–water partition coefficient (Wildman–Crippen LogP) is 1.28. The Balaban J connectivity index is 2.18. The number of aliphatic hydroxyl groups excluding tert-OH is 2. The van der Waals surface area contributed by atoms with Crippen molar-refractivity contribution in [1.29, 1.82) is 0 Å². The summed E-state index contributed by atoms with van der Waals surface area (Å²) in [6.45, 7) is 6.44. The van der Waals surface area contributed by atoms with Gasteiger partial charge >= 0.3 is 0 Å². The number of nitrogens with zero attached hydrogens (tertiary/aromatic N) is 3. The van der Waals surface area contributed by atoms with E-state index in [1.165, 1.54) is 13.3 Å². The summed E-state index contributed by atoms with van der Waals surface area (Å²) < 4.78 is 7.42. The van der Waals surface area contributed by atoms with Gasteiger partial charge in [-0.1, -0.05) is 12.7 Å². The third kappa shape index (κ3) is 2.81. The number of ether oxygens (including phenoxy) is 1. The number of anilines is 1. The average Bonchev–Trinajstić information content (AvgIpc) is 3.04. The Morgan fingerprint density at radius 1 is 1.60 bits per heavy atom. The molecule has 0 bridgehead atoms. The lowest BCUT2D eigenvalue weighted by Crippen LogP contribution is -2.39. The zero-order chi connectivity index (χ0) is 18.4. The van der Waals surface area contributed by atoms with Crippen LogP contribution in [0.1, 0.15) is 25.6 Å². The van der Waals surface area contributed by atoms with Crippen LogP contribution in [0.4, 0.5) is 5.82 Å². The number of aromatic nitrogens is 3. The second-order valence-corrected chi connectivity index (χ2v) is 6.92. The highest BCUT2D eigenvalue weighted by Gasteiger charge is 2.53. The third-order valence-electron chi connectivity index (χ3n) is 4.30. The minimum Gasteiger partial charge on any atom is -0.394 e. The second-order valence-electron chi connectivity index (χ2n) is 6.10. The van der Waals surface area contributed by atoms with Gasteiger partial charge in [-0.15, -0.1) is 11.6 Å². The van der Waals surface area contributed by atoms with Gasteiger partial charge in [-0.25, -0.2) is 9.97 Å². The molecule has 1 amide bonds. The van der Waals surface area contributed by atoms with Gasteiger partial charge in [-0.05, 0) is 6.92 Å². The SMILES string of the molecule is C=Cc1cn([C@@H]2OC(CO)C(O)[C@@]2(C)Cl)c2ncnc(NC(C)=O)c12. The van der Waals surface area contributed by atoms with Crippen molar-refractivity contribution in [1.82, 2.24) is 14.5 Å². The molecule has 1 fully saturated rings. The van der Waals surface area contributed by atoms with Crippen LogP contribution in [0.15, 0.2) is 19.1 Å². The van der Waals surface area contributed by atoms with Crippen LogP contribution < -0.4 is 5.32 Å². The van der Waals surface area contributed by atoms with Crippen LogP contribution in [0, 0.1) is 0 Å². The largest absolute Gasteiger partial charge is 0.394 e. The molecule has 3 N–H and O–H groups in total. The maximum atomic E-state index is 11.4. The van der Waals surface area contributed by atoms with Crippen LogP contribution in [-0.2, 0) is 9.53 Å². The highest BCUT2D eigenvalue weighted by atomic mass is 35.5. The number of hydrogen-bond acceptors (Lipinski definition) is 6. The number of nitrogens with one attached hydrogen (secondary N) is 1. The summed E-state index contributed by atoms with van der Waals surface area (Å²) in [6.07, 6.45) is 1.98. The fourth-order valence-corrected chi connectivity index (χ4v) is 3.37. The molecule has 0 aromatic carbocycles. The Kier molecular flexibility index (Phi) is 4.54. The van der Waals surface area contributed by atoms with Gasteiger partial charge in [0.2, 0.25) is 5.91 Å². The normalized spacial score (nSPS) is 29.1. The standard InChI is InChI=1S/C16H19ClN4O4/c1-4-9-5-21(15-16(3,17)12(24)10(6-22)25-15)14-11(9)13(18-7-19-14)20-8(2)23/h4-5,7,10,12,15,22,24H,1,6H2,2-3H3,(H,18,19,20,23)/t10?,12?,15-,16-/m1/s1. The highest BCUT2D eigenvalue weighted by Crippen LogP contribution is 2.45. The van der Waals surface area contributed by atoms with Crippen molar-refractivity contribution >= 4 is 40.4 Å². The molecule has 1 aliphatic heterocycles. The first-order valence-electron chi connectivity index (χ1n) is 7.70. The van der Waals surface area contributed by atoms with Crippen molar-refractivity contribution in [3.63, 3.8) is 0 Å². The fraction of sp³-hybridized carbons (Fsp3) is 0.438. The molecule has 1 saturated heterocycles. The zero-order valence-corrected chi connectivity index (χ0v) is 14.6. The van der Waals surface area contributed by atoms with E-state index in [0.29, 0.717) is 22.4 Å². The van der Waals surface area contributed by atoms with Gasteiger partial charge in [0.25, 0.3) is 0 Å². The number of aliphatic hydroxyl groups is 2. The average molecular weight is 367 g/mol. The van der Waals surface area contributed by atoms with Crippen molar-refractivity contribution in [2.24, 2.45) is 0 Å². The molecule has 2 unspecified atom stereocenters. The van der Waals surface area contributed by atoms with Crippen molar-refractivity contribution in [2.75, 3.05) is 11.9 Å². The minimum absolute atomic E-state index is 0.266. The molecule has 2 aromatic heterocycles. The van der Waals surface area contributed by atoms with Crippen molar-refractivity contribution in [2.45, 2.75) is 37.2 Å². The number of carbonyl (C=O) groups excluding carboxylic acids is 1. The molecule has 0 saturated carbocycles. The molecule has 9 heteroatoms. The number of carbonyl (C=O) groups is 1. The first-order chi connectivity index (χ1) is 11.8. The third-order valence-corrected chi connectivity index (χ3v) is 4.71. The Bertz CT molecular complexity index is 835. The molecular formula is C16H19ClN4O4. The van der Waals surface area contributed by atoms with E-state index in [4.69, 9.17) is 16.3 Å². The Morgan fingerprint density at radius 2 is 2.32 bits per heavy atom. The van der Waals surface area contributed by atoms with Gasteiger partial charge < -0.3 is 24.8 Å². The Labute approximate surface area is 149 Å². The van der Waals surface area contributed by atoms with Crippen LogP contribution >= 0.6 is 11.6 Å². The summed E-state index contributed by atoms with van der Waals surface area (Å²) in [5.74, 6) is 0.0810. The van der Waals surface area contributed by atoms with Crippen LogP contribution in [-0.4, -0.2) is 54.3 Å². The summed E-state index contributed by atoms with van der Waals surface area (Å²) in [6, 6.07) is 0. The van der Waals surface area contributed by atoms with E-state index in [1.807, 2.05) is 0 Å². The van der Waals surface area contributed by atoms with E-state index in [0.717, 1.165) is 0 Å². The van der Waals surface area contributed by atoms with Crippen LogP contribution in [0.2, 0.25) is 0 Å². The van der Waals surface area contributed by atoms with Gasteiger partial charge in [0, 0.05) is 18.7 Å². The second kappa shape index (κ2) is 6.38. The molecule has 2 aromatic rings. The maximum Gasteiger partial charge on any atom is 0.222 e. The number of halogens is 1. The molecule has 134 valence electrons. The fourth-order valence-electron chi connectivity index (χ4n) is 3.07. The smallest absolute Gasteiger partial charge is 0.222 e. The number of hydrogen-bond donors (Lipinski definition) is 3. The van der Waals surface area contributed by atoms with E-state index < -0.39 is 23.3 Å². The number of amides is 1. The molecule has 0 aliphatic carbocycles. The molecule has 1 aliphatic rings. The quantitative estimate of drug-likeness (QED) is 0.703. The molecule has 4 atom stereocenters. The van der Waals surface area contributed by atoms with Gasteiger partial charge in [-0.3, -0.25) is 4.79 Å². The molecule has 3 heterocycles. The number of alkyl halides is 1. The first kappa shape index (κ1) is 17.8. The first-order valence-corrected chi connectivity index (χ1v) is 8.08. The predicted molar refractivity (Wildman–Crippen MR) is 93.2 cm³/mol. The van der Waals surface area contributed by atoms with Gasteiger partial charge in [0.05, 0.1) is 12.0 Å². The molecule has 0 spiro atoms. The van der Waals surface area contributed by atoms with Crippen LogP contribution in [0.3, 0.4) is 0 Å².